The highest BCUT2D eigenvalue weighted by Crippen LogP contribution is 2.40. The number of carbonyl (C=O) groups is 1. The maximum atomic E-state index is 14.1. The zero-order valence-electron chi connectivity index (χ0n) is 16.0. The van der Waals surface area contributed by atoms with Crippen LogP contribution in [0.1, 0.15) is 43.7 Å². The van der Waals surface area contributed by atoms with Crippen molar-refractivity contribution in [3.8, 4) is 0 Å². The summed E-state index contributed by atoms with van der Waals surface area (Å²) in [6.07, 6.45) is -1.71. The molecule has 0 amide bonds. The fourth-order valence-electron chi connectivity index (χ4n) is 4.31. The lowest BCUT2D eigenvalue weighted by atomic mass is 9.80. The van der Waals surface area contributed by atoms with Gasteiger partial charge in [-0.15, -0.1) is 0 Å². The molecule has 7 heteroatoms. The highest BCUT2D eigenvalue weighted by molar-refractivity contribution is 6.04. The lowest BCUT2D eigenvalue weighted by Crippen LogP contribution is -2.57. The van der Waals surface area contributed by atoms with Gasteiger partial charge in [0.2, 0.25) is 0 Å². The monoisotopic (exact) mass is 405 g/mol. The average molecular weight is 405 g/mol. The lowest BCUT2D eigenvalue weighted by Gasteiger charge is -2.39. The molecule has 1 fully saturated rings. The van der Waals surface area contributed by atoms with Crippen molar-refractivity contribution in [1.29, 1.82) is 0 Å². The summed E-state index contributed by atoms with van der Waals surface area (Å²) in [5.74, 6) is -0.642. The third-order valence-electron chi connectivity index (χ3n) is 5.77. The third kappa shape index (κ3) is 3.59. The minimum absolute atomic E-state index is 0.0120. The number of alkyl halides is 3. The summed E-state index contributed by atoms with van der Waals surface area (Å²) in [6, 6.07) is 9.82. The first-order valence-electron chi connectivity index (χ1n) is 9.68. The summed E-state index contributed by atoms with van der Waals surface area (Å²) in [5, 5.41) is 4.24. The van der Waals surface area contributed by atoms with Crippen LogP contribution in [0.5, 0.6) is 0 Å². The smallest absolute Gasteiger partial charge is 0.407 e. The van der Waals surface area contributed by atoms with E-state index in [0.29, 0.717) is 36.8 Å². The van der Waals surface area contributed by atoms with Gasteiger partial charge >= 0.3 is 12.1 Å². The van der Waals surface area contributed by atoms with Gasteiger partial charge in [-0.2, -0.15) is 13.2 Å². The van der Waals surface area contributed by atoms with Gasteiger partial charge in [-0.3, -0.25) is 10.1 Å². The van der Waals surface area contributed by atoms with Crippen LogP contribution in [0.25, 0.3) is 21.9 Å². The van der Waals surface area contributed by atoms with Crippen molar-refractivity contribution in [3.05, 3.63) is 48.0 Å². The standard InChI is InChI=1S/C22H22F3NO3/c1-28-20(27)21(11-5-2-6-12-21)26-19(22(23,24)25)14-9-10-16-15-7-3-4-8-17(15)29-18(16)13-14/h3-4,7-10,13,19,26H,2,5-6,11-12H2,1H3. The molecule has 1 aliphatic carbocycles. The number of furan rings is 1. The number of methoxy groups -OCH3 is 1. The van der Waals surface area contributed by atoms with E-state index in [1.807, 2.05) is 18.2 Å². The van der Waals surface area contributed by atoms with E-state index in [1.165, 1.54) is 19.2 Å². The van der Waals surface area contributed by atoms with E-state index >= 15 is 0 Å². The molecule has 29 heavy (non-hydrogen) atoms. The zero-order valence-corrected chi connectivity index (χ0v) is 16.0. The first-order valence-corrected chi connectivity index (χ1v) is 9.68. The lowest BCUT2D eigenvalue weighted by molar-refractivity contribution is -0.172. The van der Waals surface area contributed by atoms with Crippen molar-refractivity contribution >= 4 is 27.9 Å². The number of benzene rings is 2. The molecule has 4 nitrogen and oxygen atoms in total. The largest absolute Gasteiger partial charge is 0.468 e. The van der Waals surface area contributed by atoms with Crippen molar-refractivity contribution in [2.24, 2.45) is 0 Å². The SMILES string of the molecule is COC(=O)C1(NC(c2ccc3c(c2)oc2ccccc23)C(F)(F)F)CCCCC1. The molecule has 1 aromatic heterocycles. The first-order chi connectivity index (χ1) is 13.8. The highest BCUT2D eigenvalue weighted by Gasteiger charge is 2.49. The Morgan fingerprint density at radius 3 is 2.45 bits per heavy atom. The summed E-state index contributed by atoms with van der Waals surface area (Å²) in [7, 11) is 1.21. The van der Waals surface area contributed by atoms with Gasteiger partial charge in [0.25, 0.3) is 0 Å². The van der Waals surface area contributed by atoms with Crippen LogP contribution in [-0.2, 0) is 9.53 Å². The Balaban J connectivity index is 1.77. The van der Waals surface area contributed by atoms with Gasteiger partial charge in [0, 0.05) is 10.8 Å². The fourth-order valence-corrected chi connectivity index (χ4v) is 4.31. The number of halogens is 3. The van der Waals surface area contributed by atoms with Crippen molar-refractivity contribution in [2.75, 3.05) is 7.11 Å². The number of rotatable bonds is 4. The summed E-state index contributed by atoms with van der Waals surface area (Å²) in [5.41, 5.74) is -0.321. The Labute approximate surface area is 166 Å². The highest BCUT2D eigenvalue weighted by atomic mass is 19.4. The fraction of sp³-hybridized carbons (Fsp3) is 0.409. The molecule has 0 bridgehead atoms. The molecule has 1 heterocycles. The van der Waals surface area contributed by atoms with Crippen molar-refractivity contribution in [2.45, 2.75) is 49.9 Å². The van der Waals surface area contributed by atoms with E-state index in [0.717, 1.165) is 17.2 Å². The van der Waals surface area contributed by atoms with Crippen molar-refractivity contribution < 1.29 is 27.1 Å². The van der Waals surface area contributed by atoms with Gasteiger partial charge in [0.1, 0.15) is 22.7 Å². The van der Waals surface area contributed by atoms with E-state index in [1.54, 1.807) is 12.1 Å². The van der Waals surface area contributed by atoms with E-state index in [-0.39, 0.29) is 5.56 Å². The second-order valence-electron chi connectivity index (χ2n) is 7.61. The minimum atomic E-state index is -4.59. The molecule has 2 aromatic carbocycles. The number of hydrogen-bond acceptors (Lipinski definition) is 4. The van der Waals surface area contributed by atoms with E-state index < -0.39 is 23.7 Å². The molecule has 0 saturated heterocycles. The van der Waals surface area contributed by atoms with E-state index in [2.05, 4.69) is 5.32 Å². The molecule has 4 rings (SSSR count). The minimum Gasteiger partial charge on any atom is -0.468 e. The topological polar surface area (TPSA) is 51.5 Å². The van der Waals surface area contributed by atoms with Crippen LogP contribution >= 0.6 is 0 Å². The molecular formula is C22H22F3NO3. The van der Waals surface area contributed by atoms with E-state index in [4.69, 9.17) is 9.15 Å². The summed E-state index contributed by atoms with van der Waals surface area (Å²) >= 11 is 0. The second kappa shape index (κ2) is 7.37. The second-order valence-corrected chi connectivity index (χ2v) is 7.61. The number of carbonyl (C=O) groups excluding carboxylic acids is 1. The van der Waals surface area contributed by atoms with Gasteiger partial charge in [-0.25, -0.2) is 0 Å². The van der Waals surface area contributed by atoms with Crippen LogP contribution < -0.4 is 5.32 Å². The molecule has 0 spiro atoms. The molecule has 1 aliphatic rings. The number of ether oxygens (including phenoxy) is 1. The van der Waals surface area contributed by atoms with Gasteiger partial charge in [-0.1, -0.05) is 49.6 Å². The van der Waals surface area contributed by atoms with Gasteiger partial charge < -0.3 is 9.15 Å². The molecular weight excluding hydrogens is 383 g/mol. The van der Waals surface area contributed by atoms with Crippen LogP contribution in [0.3, 0.4) is 0 Å². The summed E-state index contributed by atoms with van der Waals surface area (Å²) < 4.78 is 52.8. The zero-order chi connectivity index (χ0) is 20.6. The Morgan fingerprint density at radius 1 is 1.07 bits per heavy atom. The molecule has 1 atom stereocenters. The van der Waals surface area contributed by atoms with Crippen LogP contribution in [0, 0.1) is 0 Å². The molecule has 1 N–H and O–H groups in total. The molecule has 0 aliphatic heterocycles. The van der Waals surface area contributed by atoms with Crippen LogP contribution in [0.2, 0.25) is 0 Å². The van der Waals surface area contributed by atoms with Gasteiger partial charge in [-0.05, 0) is 30.5 Å². The van der Waals surface area contributed by atoms with Gasteiger partial charge in [0.05, 0.1) is 7.11 Å². The predicted molar refractivity (Wildman–Crippen MR) is 103 cm³/mol. The molecule has 3 aromatic rings. The Hall–Kier alpha value is -2.54. The quantitative estimate of drug-likeness (QED) is 0.570. The van der Waals surface area contributed by atoms with Crippen LogP contribution in [0.15, 0.2) is 46.9 Å². The number of esters is 1. The van der Waals surface area contributed by atoms with Crippen LogP contribution in [-0.4, -0.2) is 24.8 Å². The van der Waals surface area contributed by atoms with Crippen LogP contribution in [0.4, 0.5) is 13.2 Å². The van der Waals surface area contributed by atoms with Crippen molar-refractivity contribution in [1.82, 2.24) is 5.32 Å². The molecule has 154 valence electrons. The summed E-state index contributed by atoms with van der Waals surface area (Å²) in [6.45, 7) is 0. The number of hydrogen-bond donors (Lipinski definition) is 1. The average Bonchev–Trinajstić information content (AvgIpc) is 3.09. The Bertz CT molecular complexity index is 1030. The first kappa shape index (κ1) is 19.8. The Morgan fingerprint density at radius 2 is 1.76 bits per heavy atom. The van der Waals surface area contributed by atoms with E-state index in [9.17, 15) is 18.0 Å². The number of fused-ring (bicyclic) bond motifs is 3. The third-order valence-corrected chi connectivity index (χ3v) is 5.77. The summed E-state index contributed by atoms with van der Waals surface area (Å²) in [4.78, 5) is 12.4. The molecule has 1 saturated carbocycles. The predicted octanol–water partition coefficient (Wildman–Crippen LogP) is 5.65. The maximum Gasteiger partial charge on any atom is 0.407 e. The maximum absolute atomic E-state index is 14.1. The van der Waals surface area contributed by atoms with Gasteiger partial charge in [0.15, 0.2) is 0 Å². The van der Waals surface area contributed by atoms with Crippen molar-refractivity contribution in [3.63, 3.8) is 0 Å². The number of nitrogens with one attached hydrogen (secondary N) is 1. The number of para-hydroxylation sites is 1. The molecule has 0 radical (unpaired) electrons. The molecule has 1 unspecified atom stereocenters. The Kier molecular flexibility index (Phi) is 5.02. The normalized spacial score (nSPS) is 18.1.